The van der Waals surface area contributed by atoms with Crippen LogP contribution in [-0.2, 0) is 9.59 Å². The lowest BCUT2D eigenvalue weighted by Gasteiger charge is -2.27. The third-order valence-corrected chi connectivity index (χ3v) is 4.58. The van der Waals surface area contributed by atoms with Gasteiger partial charge in [0.05, 0.1) is 17.8 Å². The van der Waals surface area contributed by atoms with Crippen molar-refractivity contribution in [3.05, 3.63) is 52.6 Å². The Balaban J connectivity index is 1.71. The molecule has 1 heterocycles. The number of amides is 2. The van der Waals surface area contributed by atoms with Gasteiger partial charge in [0.25, 0.3) is 0 Å². The molecular weight excluding hydrogens is 314 g/mol. The zero-order valence-electron chi connectivity index (χ0n) is 15.0. The van der Waals surface area contributed by atoms with Gasteiger partial charge in [0.2, 0.25) is 11.8 Å². The first-order valence-electron chi connectivity index (χ1n) is 8.39. The summed E-state index contributed by atoms with van der Waals surface area (Å²) in [5.41, 5.74) is 6.80. The second-order valence-electron chi connectivity index (χ2n) is 6.74. The van der Waals surface area contributed by atoms with Gasteiger partial charge >= 0.3 is 0 Å². The SMILES string of the molecule is Cc1ccc(NC(=O)C[C@H]2Nc3cc(C)c(C)cc3NC2=O)c(C)c1. The van der Waals surface area contributed by atoms with Gasteiger partial charge in [-0.3, -0.25) is 9.59 Å². The normalized spacial score (nSPS) is 15.8. The lowest BCUT2D eigenvalue weighted by molar-refractivity contribution is -0.122. The van der Waals surface area contributed by atoms with Crippen LogP contribution in [0.3, 0.4) is 0 Å². The summed E-state index contributed by atoms with van der Waals surface area (Å²) >= 11 is 0. The van der Waals surface area contributed by atoms with E-state index < -0.39 is 6.04 Å². The average molecular weight is 337 g/mol. The number of rotatable bonds is 3. The number of hydrogen-bond donors (Lipinski definition) is 3. The van der Waals surface area contributed by atoms with Gasteiger partial charge in [-0.2, -0.15) is 0 Å². The third-order valence-electron chi connectivity index (χ3n) is 4.58. The Hall–Kier alpha value is -2.82. The molecular formula is C20H23N3O2. The minimum absolute atomic E-state index is 0.0749. The van der Waals surface area contributed by atoms with Crippen molar-refractivity contribution in [3.63, 3.8) is 0 Å². The lowest BCUT2D eigenvalue weighted by atomic mass is 10.0. The molecule has 25 heavy (non-hydrogen) atoms. The van der Waals surface area contributed by atoms with Crippen molar-refractivity contribution in [1.82, 2.24) is 0 Å². The number of carbonyl (C=O) groups is 2. The zero-order chi connectivity index (χ0) is 18.1. The van der Waals surface area contributed by atoms with E-state index in [1.54, 1.807) is 0 Å². The molecule has 0 bridgehead atoms. The Morgan fingerprint density at radius 1 is 1.00 bits per heavy atom. The fourth-order valence-electron chi connectivity index (χ4n) is 3.00. The highest BCUT2D eigenvalue weighted by atomic mass is 16.2. The summed E-state index contributed by atoms with van der Waals surface area (Å²) in [6.45, 7) is 7.99. The first-order valence-corrected chi connectivity index (χ1v) is 8.39. The highest BCUT2D eigenvalue weighted by Crippen LogP contribution is 2.30. The van der Waals surface area contributed by atoms with Crippen LogP contribution in [0.2, 0.25) is 0 Å². The first kappa shape index (κ1) is 17.0. The molecule has 0 radical (unpaired) electrons. The van der Waals surface area contributed by atoms with Gasteiger partial charge in [0.15, 0.2) is 0 Å². The van der Waals surface area contributed by atoms with Crippen molar-refractivity contribution >= 4 is 28.9 Å². The molecule has 3 rings (SSSR count). The Morgan fingerprint density at radius 2 is 1.68 bits per heavy atom. The molecule has 1 atom stereocenters. The predicted octanol–water partition coefficient (Wildman–Crippen LogP) is 3.68. The van der Waals surface area contributed by atoms with E-state index >= 15 is 0 Å². The van der Waals surface area contributed by atoms with Crippen LogP contribution in [0.5, 0.6) is 0 Å². The second kappa shape index (κ2) is 6.59. The number of carbonyl (C=O) groups excluding carboxylic acids is 2. The van der Waals surface area contributed by atoms with Crippen LogP contribution in [0.25, 0.3) is 0 Å². The fraction of sp³-hybridized carbons (Fsp3) is 0.300. The molecule has 0 fully saturated rings. The molecule has 2 amide bonds. The summed E-state index contributed by atoms with van der Waals surface area (Å²) in [4.78, 5) is 24.7. The molecule has 0 aliphatic carbocycles. The van der Waals surface area contributed by atoms with Crippen molar-refractivity contribution in [3.8, 4) is 0 Å². The van der Waals surface area contributed by atoms with E-state index in [0.717, 1.165) is 39.3 Å². The minimum atomic E-state index is -0.583. The highest BCUT2D eigenvalue weighted by Gasteiger charge is 2.28. The number of nitrogens with one attached hydrogen (secondary N) is 3. The standard InChI is InChI=1S/C20H23N3O2/c1-11-5-6-15(14(4)7-11)22-19(24)10-18-20(25)23-17-9-13(3)12(2)8-16(17)21-18/h5-9,18,21H,10H2,1-4H3,(H,22,24)(H,23,25)/t18-/m1/s1. The molecule has 130 valence electrons. The number of benzene rings is 2. The molecule has 2 aromatic rings. The van der Waals surface area contributed by atoms with Crippen molar-refractivity contribution in [2.75, 3.05) is 16.0 Å². The van der Waals surface area contributed by atoms with Gasteiger partial charge in [-0.05, 0) is 62.6 Å². The summed E-state index contributed by atoms with van der Waals surface area (Å²) < 4.78 is 0. The summed E-state index contributed by atoms with van der Waals surface area (Å²) in [5.74, 6) is -0.376. The monoisotopic (exact) mass is 337 g/mol. The molecule has 0 unspecified atom stereocenters. The molecule has 3 N–H and O–H groups in total. The molecule has 5 nitrogen and oxygen atoms in total. The van der Waals surface area contributed by atoms with Crippen molar-refractivity contribution in [2.24, 2.45) is 0 Å². The van der Waals surface area contributed by atoms with Crippen LogP contribution in [0.1, 0.15) is 28.7 Å². The molecule has 0 saturated heterocycles. The zero-order valence-corrected chi connectivity index (χ0v) is 15.0. The van der Waals surface area contributed by atoms with Gasteiger partial charge in [-0.1, -0.05) is 17.7 Å². The molecule has 0 saturated carbocycles. The van der Waals surface area contributed by atoms with Crippen LogP contribution in [0, 0.1) is 27.7 Å². The maximum Gasteiger partial charge on any atom is 0.247 e. The fourth-order valence-corrected chi connectivity index (χ4v) is 3.00. The van der Waals surface area contributed by atoms with E-state index in [-0.39, 0.29) is 18.2 Å². The number of anilines is 3. The van der Waals surface area contributed by atoms with Crippen LogP contribution >= 0.6 is 0 Å². The molecule has 0 spiro atoms. The summed E-state index contributed by atoms with van der Waals surface area (Å²) in [7, 11) is 0. The first-order chi connectivity index (χ1) is 11.8. The summed E-state index contributed by atoms with van der Waals surface area (Å²) in [5, 5.41) is 8.96. The number of hydrogen-bond acceptors (Lipinski definition) is 3. The van der Waals surface area contributed by atoms with Crippen molar-refractivity contribution in [2.45, 2.75) is 40.2 Å². The average Bonchev–Trinajstić information content (AvgIpc) is 2.53. The van der Waals surface area contributed by atoms with E-state index in [1.807, 2.05) is 58.0 Å². The van der Waals surface area contributed by atoms with E-state index in [9.17, 15) is 9.59 Å². The molecule has 1 aliphatic rings. The quantitative estimate of drug-likeness (QED) is 0.800. The highest BCUT2D eigenvalue weighted by molar-refractivity contribution is 6.06. The maximum absolute atomic E-state index is 12.4. The van der Waals surface area contributed by atoms with Crippen LogP contribution in [-0.4, -0.2) is 17.9 Å². The Bertz CT molecular complexity index is 858. The number of fused-ring (bicyclic) bond motifs is 1. The van der Waals surface area contributed by atoms with Crippen LogP contribution in [0.4, 0.5) is 17.1 Å². The third kappa shape index (κ3) is 3.65. The Morgan fingerprint density at radius 3 is 2.36 bits per heavy atom. The molecule has 0 aromatic heterocycles. The van der Waals surface area contributed by atoms with Gasteiger partial charge < -0.3 is 16.0 Å². The van der Waals surface area contributed by atoms with Gasteiger partial charge in [0.1, 0.15) is 6.04 Å². The smallest absolute Gasteiger partial charge is 0.247 e. The second-order valence-corrected chi connectivity index (χ2v) is 6.74. The van der Waals surface area contributed by atoms with Gasteiger partial charge in [-0.15, -0.1) is 0 Å². The summed E-state index contributed by atoms with van der Waals surface area (Å²) in [6, 6.07) is 9.22. The minimum Gasteiger partial charge on any atom is -0.372 e. The molecule has 5 heteroatoms. The van der Waals surface area contributed by atoms with E-state index in [1.165, 1.54) is 0 Å². The lowest BCUT2D eigenvalue weighted by Crippen LogP contribution is -2.41. The van der Waals surface area contributed by atoms with Crippen LogP contribution < -0.4 is 16.0 Å². The molecule has 1 aliphatic heterocycles. The van der Waals surface area contributed by atoms with E-state index in [0.29, 0.717) is 0 Å². The van der Waals surface area contributed by atoms with Gasteiger partial charge in [0, 0.05) is 5.69 Å². The van der Waals surface area contributed by atoms with E-state index in [2.05, 4.69) is 16.0 Å². The number of aryl methyl sites for hydroxylation is 4. The van der Waals surface area contributed by atoms with Gasteiger partial charge in [-0.25, -0.2) is 0 Å². The van der Waals surface area contributed by atoms with Crippen molar-refractivity contribution < 1.29 is 9.59 Å². The molecule has 2 aromatic carbocycles. The topological polar surface area (TPSA) is 70.2 Å². The Labute approximate surface area is 147 Å². The Kier molecular flexibility index (Phi) is 4.49. The van der Waals surface area contributed by atoms with E-state index in [4.69, 9.17) is 0 Å². The maximum atomic E-state index is 12.4. The van der Waals surface area contributed by atoms with Crippen LogP contribution in [0.15, 0.2) is 30.3 Å². The largest absolute Gasteiger partial charge is 0.372 e. The summed E-state index contributed by atoms with van der Waals surface area (Å²) in [6.07, 6.45) is 0.0749. The predicted molar refractivity (Wildman–Crippen MR) is 101 cm³/mol. The van der Waals surface area contributed by atoms with Crippen molar-refractivity contribution in [1.29, 1.82) is 0 Å².